The van der Waals surface area contributed by atoms with Crippen molar-refractivity contribution in [2.24, 2.45) is 0 Å². The van der Waals surface area contributed by atoms with Gasteiger partial charge >= 0.3 is 0 Å². The summed E-state index contributed by atoms with van der Waals surface area (Å²) < 4.78 is 32.9. The highest BCUT2D eigenvalue weighted by Crippen LogP contribution is 2.27. The molecule has 0 fully saturated rings. The minimum Gasteiger partial charge on any atom is -0.744 e. The van der Waals surface area contributed by atoms with Gasteiger partial charge in [0.1, 0.15) is 21.6 Å². The van der Waals surface area contributed by atoms with Crippen molar-refractivity contribution in [1.29, 1.82) is 0 Å². The lowest BCUT2D eigenvalue weighted by Gasteiger charge is -2.30. The number of benzene rings is 2. The van der Waals surface area contributed by atoms with Crippen molar-refractivity contribution < 1.29 is 27.3 Å². The van der Waals surface area contributed by atoms with Gasteiger partial charge in [-0.1, -0.05) is 127 Å². The fourth-order valence-electron chi connectivity index (χ4n) is 5.22. The molecule has 2 aromatic rings. The fourth-order valence-corrected chi connectivity index (χ4v) is 5.84. The van der Waals surface area contributed by atoms with Gasteiger partial charge in [-0.3, -0.25) is 20.2 Å². The highest BCUT2D eigenvalue weighted by Gasteiger charge is 2.23. The summed E-state index contributed by atoms with van der Waals surface area (Å²) in [6.07, 6.45) is 23.2. The predicted octanol–water partition coefficient (Wildman–Crippen LogP) is 8.93. The molecule has 44 heavy (non-hydrogen) atoms. The van der Waals surface area contributed by atoms with Crippen molar-refractivity contribution in [2.45, 2.75) is 121 Å². The summed E-state index contributed by atoms with van der Waals surface area (Å²) in [6, 6.07) is 12.6. The molecular formula is C33H53N3O7S. The second-order valence-corrected chi connectivity index (χ2v) is 13.6. The van der Waals surface area contributed by atoms with Gasteiger partial charge in [0.25, 0.3) is 11.4 Å². The van der Waals surface area contributed by atoms with E-state index in [0.29, 0.717) is 18.2 Å². The normalized spacial score (nSPS) is 11.5. The standard InChI is InChI=1S/C27H50N.C6H4N2O7S/c1-4-5-6-7-8-9-10-11-12-13-14-15-16-17-18-22-25-28(2,3)26-27-23-20-19-21-24-27;9-7(10)4-1-2-6(16(13,14)15)5(3-4)8(11)12/h19-21,23-24H,4-18,22,25-26H2,1-3H3;1-3H,(H,13,14,15)/q+1;/p-1. The van der Waals surface area contributed by atoms with Crippen LogP contribution < -0.4 is 0 Å². The molecule has 10 nitrogen and oxygen atoms in total. The number of quaternary nitrogens is 1. The van der Waals surface area contributed by atoms with E-state index in [4.69, 9.17) is 0 Å². The molecular weight excluding hydrogens is 582 g/mol. The summed E-state index contributed by atoms with van der Waals surface area (Å²) in [6.45, 7) is 4.75. The molecule has 0 heterocycles. The van der Waals surface area contributed by atoms with Crippen molar-refractivity contribution in [3.05, 3.63) is 74.3 Å². The van der Waals surface area contributed by atoms with Crippen LogP contribution in [0.2, 0.25) is 0 Å². The lowest BCUT2D eigenvalue weighted by atomic mass is 10.0. The van der Waals surface area contributed by atoms with E-state index in [-0.39, 0.29) is 0 Å². The smallest absolute Gasteiger partial charge is 0.293 e. The van der Waals surface area contributed by atoms with Crippen LogP contribution in [0.5, 0.6) is 0 Å². The number of rotatable bonds is 22. The average molecular weight is 636 g/mol. The number of nitrogens with zero attached hydrogens (tertiary/aromatic N) is 3. The largest absolute Gasteiger partial charge is 0.744 e. The molecule has 248 valence electrons. The quantitative estimate of drug-likeness (QED) is 0.0413. The summed E-state index contributed by atoms with van der Waals surface area (Å²) in [7, 11) is -0.289. The molecule has 0 aliphatic heterocycles. The molecule has 0 aromatic heterocycles. The minimum atomic E-state index is -5.04. The van der Waals surface area contributed by atoms with Crippen molar-refractivity contribution in [2.75, 3.05) is 20.6 Å². The third-order valence-corrected chi connectivity index (χ3v) is 8.57. The Bertz CT molecular complexity index is 1210. The molecule has 0 amide bonds. The molecule has 0 saturated heterocycles. The van der Waals surface area contributed by atoms with Crippen molar-refractivity contribution >= 4 is 21.5 Å². The Hall–Kier alpha value is -2.89. The zero-order valence-corrected chi connectivity index (χ0v) is 27.8. The van der Waals surface area contributed by atoms with Gasteiger partial charge in [0, 0.05) is 11.6 Å². The monoisotopic (exact) mass is 635 g/mol. The van der Waals surface area contributed by atoms with Crippen LogP contribution >= 0.6 is 0 Å². The van der Waals surface area contributed by atoms with Crippen LogP contribution in [0, 0.1) is 20.2 Å². The fraction of sp³-hybridized carbons (Fsp3) is 0.636. The first-order valence-electron chi connectivity index (χ1n) is 16.1. The van der Waals surface area contributed by atoms with Gasteiger partial charge in [-0.15, -0.1) is 0 Å². The maximum atomic E-state index is 10.6. The highest BCUT2D eigenvalue weighted by atomic mass is 32.2. The van der Waals surface area contributed by atoms with Crippen LogP contribution in [-0.2, 0) is 16.7 Å². The minimum absolute atomic E-state index is 0.421. The topological polar surface area (TPSA) is 143 Å². The van der Waals surface area contributed by atoms with Gasteiger partial charge < -0.3 is 9.04 Å². The maximum Gasteiger partial charge on any atom is 0.293 e. The molecule has 0 saturated carbocycles. The summed E-state index contributed by atoms with van der Waals surface area (Å²) in [5.74, 6) is 0. The Morgan fingerprint density at radius 3 is 1.52 bits per heavy atom. The van der Waals surface area contributed by atoms with Crippen LogP contribution in [0.25, 0.3) is 0 Å². The third kappa shape index (κ3) is 18.0. The second kappa shape index (κ2) is 21.8. The van der Waals surface area contributed by atoms with Crippen LogP contribution in [0.15, 0.2) is 53.4 Å². The molecule has 2 aromatic carbocycles. The van der Waals surface area contributed by atoms with E-state index in [0.717, 1.165) is 11.0 Å². The molecule has 0 spiro atoms. The van der Waals surface area contributed by atoms with Crippen molar-refractivity contribution in [3.8, 4) is 0 Å². The number of hydrogen-bond donors (Lipinski definition) is 0. The summed E-state index contributed by atoms with van der Waals surface area (Å²) in [5, 5.41) is 20.7. The first-order chi connectivity index (χ1) is 20.9. The summed E-state index contributed by atoms with van der Waals surface area (Å²) in [5.41, 5.74) is -0.313. The van der Waals surface area contributed by atoms with E-state index in [9.17, 15) is 33.2 Å². The average Bonchev–Trinajstić information content (AvgIpc) is 2.96. The number of non-ortho nitro benzene ring substituents is 1. The Morgan fingerprint density at radius 1 is 0.659 bits per heavy atom. The third-order valence-electron chi connectivity index (χ3n) is 7.69. The Labute approximate surface area is 264 Å². The lowest BCUT2D eigenvalue weighted by Crippen LogP contribution is -2.39. The zero-order chi connectivity index (χ0) is 32.8. The van der Waals surface area contributed by atoms with Crippen molar-refractivity contribution in [1.82, 2.24) is 0 Å². The lowest BCUT2D eigenvalue weighted by molar-refractivity contribution is -0.903. The number of nitro benzene ring substituents is 2. The van der Waals surface area contributed by atoms with Gasteiger partial charge in [-0.05, 0) is 18.9 Å². The van der Waals surface area contributed by atoms with Crippen LogP contribution in [0.1, 0.15) is 115 Å². The Kier molecular flexibility index (Phi) is 19.3. The molecule has 11 heteroatoms. The first kappa shape index (κ1) is 39.1. The molecule has 0 atom stereocenters. The number of nitro groups is 2. The molecule has 2 rings (SSSR count). The van der Waals surface area contributed by atoms with Crippen LogP contribution in [-0.4, -0.2) is 47.9 Å². The molecule has 0 radical (unpaired) electrons. The second-order valence-electron chi connectivity index (χ2n) is 12.2. The van der Waals surface area contributed by atoms with E-state index in [2.05, 4.69) is 51.4 Å². The summed E-state index contributed by atoms with van der Waals surface area (Å²) >= 11 is 0. The Balaban J connectivity index is 0.000000511. The van der Waals surface area contributed by atoms with Crippen LogP contribution in [0.4, 0.5) is 11.4 Å². The molecule has 0 unspecified atom stereocenters. The van der Waals surface area contributed by atoms with E-state index < -0.39 is 36.2 Å². The highest BCUT2D eigenvalue weighted by molar-refractivity contribution is 7.85. The molecule has 0 N–H and O–H groups in total. The van der Waals surface area contributed by atoms with Gasteiger partial charge in [0.2, 0.25) is 0 Å². The van der Waals surface area contributed by atoms with Crippen LogP contribution in [0.3, 0.4) is 0 Å². The van der Waals surface area contributed by atoms with Gasteiger partial charge in [0.05, 0.1) is 36.6 Å². The zero-order valence-electron chi connectivity index (χ0n) is 27.0. The number of hydrogen-bond acceptors (Lipinski definition) is 7. The Morgan fingerprint density at radius 2 is 1.11 bits per heavy atom. The molecule has 0 aliphatic carbocycles. The molecule has 0 bridgehead atoms. The van der Waals surface area contributed by atoms with Gasteiger partial charge in [-0.2, -0.15) is 0 Å². The first-order valence-corrected chi connectivity index (χ1v) is 17.5. The van der Waals surface area contributed by atoms with E-state index >= 15 is 0 Å². The SMILES string of the molecule is CCCCCCCCCCCCCCCCCC[N+](C)(C)Cc1ccccc1.O=[N+]([O-])c1ccc(S(=O)(=O)[O-])c([N+](=O)[O-])c1. The van der Waals surface area contributed by atoms with Crippen molar-refractivity contribution in [3.63, 3.8) is 0 Å². The van der Waals surface area contributed by atoms with Gasteiger partial charge in [0.15, 0.2) is 0 Å². The molecule has 0 aliphatic rings. The van der Waals surface area contributed by atoms with E-state index in [1.807, 2.05) is 0 Å². The van der Waals surface area contributed by atoms with E-state index in [1.54, 1.807) is 0 Å². The van der Waals surface area contributed by atoms with E-state index in [1.165, 1.54) is 115 Å². The maximum absolute atomic E-state index is 10.6. The van der Waals surface area contributed by atoms with Gasteiger partial charge in [-0.25, -0.2) is 8.42 Å². The summed E-state index contributed by atoms with van der Waals surface area (Å²) in [4.78, 5) is 17.5. The predicted molar refractivity (Wildman–Crippen MR) is 174 cm³/mol. The number of unbranched alkanes of at least 4 members (excludes halogenated alkanes) is 15.